The van der Waals surface area contributed by atoms with Crippen molar-refractivity contribution in [1.82, 2.24) is 24.8 Å². The Kier molecular flexibility index (Phi) is 6.44. The Bertz CT molecular complexity index is 922. The van der Waals surface area contributed by atoms with Gasteiger partial charge in [-0.05, 0) is 65.0 Å². The molecule has 2 atom stereocenters. The number of ether oxygens (including phenoxy) is 1. The Labute approximate surface area is 185 Å². The standard InChI is InChI=1S/C24H35N5O2/c1-16-6-7-22(17(2)12-16)29-25-20(5)23(26-29)24(30)28-10-8-21(9-11-28)15-27-13-18(3)31-19(4)14-27/h6-7,12,18-19,21H,8-11,13-15H2,1-5H3. The number of carbonyl (C=O) groups is 1. The molecular weight excluding hydrogens is 390 g/mol. The van der Waals surface area contributed by atoms with Gasteiger partial charge in [-0.15, -0.1) is 5.10 Å². The fraction of sp³-hybridized carbons (Fsp3) is 0.625. The SMILES string of the molecule is Cc1ccc(-n2nc(C)c(C(=O)N3CCC(CN4CC(C)OC(C)C4)CC3)n2)c(C)c1. The molecule has 0 N–H and O–H groups in total. The first-order valence-electron chi connectivity index (χ1n) is 11.5. The molecule has 1 aromatic carbocycles. The first-order chi connectivity index (χ1) is 14.8. The summed E-state index contributed by atoms with van der Waals surface area (Å²) >= 11 is 0. The van der Waals surface area contributed by atoms with E-state index in [-0.39, 0.29) is 5.91 Å². The van der Waals surface area contributed by atoms with Gasteiger partial charge in [0, 0.05) is 32.7 Å². The minimum atomic E-state index is 0.000539. The molecule has 1 aromatic heterocycles. The van der Waals surface area contributed by atoms with Gasteiger partial charge in [0.25, 0.3) is 5.91 Å². The lowest BCUT2D eigenvalue weighted by Crippen LogP contribution is -2.48. The maximum Gasteiger partial charge on any atom is 0.276 e. The fourth-order valence-corrected chi connectivity index (χ4v) is 4.98. The number of aryl methyl sites for hydroxylation is 3. The van der Waals surface area contributed by atoms with Gasteiger partial charge < -0.3 is 9.64 Å². The van der Waals surface area contributed by atoms with E-state index in [0.29, 0.717) is 29.5 Å². The van der Waals surface area contributed by atoms with Crippen LogP contribution in [0.4, 0.5) is 0 Å². The van der Waals surface area contributed by atoms with Crippen molar-refractivity contribution in [2.75, 3.05) is 32.7 Å². The van der Waals surface area contributed by atoms with Gasteiger partial charge in [0.2, 0.25) is 0 Å². The zero-order chi connectivity index (χ0) is 22.1. The van der Waals surface area contributed by atoms with Gasteiger partial charge in [0.15, 0.2) is 5.69 Å². The summed E-state index contributed by atoms with van der Waals surface area (Å²) < 4.78 is 5.85. The van der Waals surface area contributed by atoms with Crippen LogP contribution in [0.25, 0.3) is 5.69 Å². The number of hydrogen-bond donors (Lipinski definition) is 0. The average Bonchev–Trinajstić information content (AvgIpc) is 3.08. The van der Waals surface area contributed by atoms with Crippen LogP contribution >= 0.6 is 0 Å². The number of carbonyl (C=O) groups excluding carboxylic acids is 1. The number of piperidine rings is 1. The Morgan fingerprint density at radius 3 is 2.39 bits per heavy atom. The van der Waals surface area contributed by atoms with Gasteiger partial charge in [-0.3, -0.25) is 9.69 Å². The van der Waals surface area contributed by atoms with Crippen molar-refractivity contribution in [2.45, 2.75) is 59.7 Å². The van der Waals surface area contributed by atoms with E-state index in [1.807, 2.05) is 30.9 Å². The third-order valence-electron chi connectivity index (χ3n) is 6.47. The summed E-state index contributed by atoms with van der Waals surface area (Å²) in [5.74, 6) is 0.633. The summed E-state index contributed by atoms with van der Waals surface area (Å²) in [4.78, 5) is 19.2. The van der Waals surface area contributed by atoms with E-state index in [2.05, 4.69) is 41.9 Å². The quantitative estimate of drug-likeness (QED) is 0.753. The molecule has 7 nitrogen and oxygen atoms in total. The molecule has 2 saturated heterocycles. The predicted molar refractivity (Wildman–Crippen MR) is 121 cm³/mol. The molecule has 2 aliphatic rings. The van der Waals surface area contributed by atoms with Crippen molar-refractivity contribution < 1.29 is 9.53 Å². The molecule has 2 aliphatic heterocycles. The molecule has 0 saturated carbocycles. The zero-order valence-electron chi connectivity index (χ0n) is 19.5. The third kappa shape index (κ3) is 4.99. The van der Waals surface area contributed by atoms with Crippen molar-refractivity contribution in [1.29, 1.82) is 0 Å². The number of likely N-dealkylation sites (tertiary alicyclic amines) is 1. The maximum atomic E-state index is 13.2. The number of hydrogen-bond acceptors (Lipinski definition) is 5. The molecule has 31 heavy (non-hydrogen) atoms. The van der Waals surface area contributed by atoms with Gasteiger partial charge >= 0.3 is 0 Å². The minimum absolute atomic E-state index is 0.000539. The van der Waals surface area contributed by atoms with Gasteiger partial charge in [0.05, 0.1) is 23.6 Å². The summed E-state index contributed by atoms with van der Waals surface area (Å²) in [7, 11) is 0. The molecule has 7 heteroatoms. The second-order valence-electron chi connectivity index (χ2n) is 9.42. The lowest BCUT2D eigenvalue weighted by atomic mass is 9.95. The highest BCUT2D eigenvalue weighted by atomic mass is 16.5. The van der Waals surface area contributed by atoms with Gasteiger partial charge in [0.1, 0.15) is 0 Å². The molecule has 0 spiro atoms. The van der Waals surface area contributed by atoms with Crippen molar-refractivity contribution >= 4 is 5.91 Å². The summed E-state index contributed by atoms with van der Waals surface area (Å²) in [5.41, 5.74) is 4.37. The Morgan fingerprint density at radius 2 is 1.74 bits per heavy atom. The highest BCUT2D eigenvalue weighted by Gasteiger charge is 2.30. The van der Waals surface area contributed by atoms with Crippen LogP contribution in [-0.2, 0) is 4.74 Å². The predicted octanol–water partition coefficient (Wildman–Crippen LogP) is 3.15. The summed E-state index contributed by atoms with van der Waals surface area (Å²) in [6.07, 6.45) is 2.67. The average molecular weight is 426 g/mol. The topological polar surface area (TPSA) is 63.5 Å². The van der Waals surface area contributed by atoms with Crippen LogP contribution in [0.15, 0.2) is 18.2 Å². The number of nitrogens with zero attached hydrogens (tertiary/aromatic N) is 5. The van der Waals surface area contributed by atoms with Gasteiger partial charge in [-0.25, -0.2) is 0 Å². The Hall–Kier alpha value is -2.25. The first-order valence-corrected chi connectivity index (χ1v) is 11.5. The highest BCUT2D eigenvalue weighted by molar-refractivity contribution is 5.93. The molecule has 1 amide bonds. The van der Waals surface area contributed by atoms with E-state index in [4.69, 9.17) is 4.74 Å². The molecule has 2 fully saturated rings. The lowest BCUT2D eigenvalue weighted by Gasteiger charge is -2.39. The van der Waals surface area contributed by atoms with Crippen LogP contribution < -0.4 is 0 Å². The summed E-state index contributed by atoms with van der Waals surface area (Å²) in [6.45, 7) is 15.0. The first kappa shape index (κ1) is 22.0. The highest BCUT2D eigenvalue weighted by Crippen LogP contribution is 2.23. The monoisotopic (exact) mass is 425 g/mol. The molecule has 2 aromatic rings. The molecule has 0 radical (unpaired) electrons. The van der Waals surface area contributed by atoms with Crippen LogP contribution in [0.5, 0.6) is 0 Å². The molecule has 4 rings (SSSR count). The fourth-order valence-electron chi connectivity index (χ4n) is 4.98. The van der Waals surface area contributed by atoms with E-state index in [1.165, 1.54) is 5.56 Å². The number of benzene rings is 1. The van der Waals surface area contributed by atoms with Gasteiger partial charge in [-0.2, -0.15) is 9.90 Å². The Balaban J connectivity index is 1.37. The minimum Gasteiger partial charge on any atom is -0.373 e. The number of aromatic nitrogens is 3. The van der Waals surface area contributed by atoms with E-state index >= 15 is 0 Å². The second kappa shape index (κ2) is 9.09. The van der Waals surface area contributed by atoms with E-state index in [9.17, 15) is 4.79 Å². The van der Waals surface area contributed by atoms with E-state index in [1.54, 1.807) is 4.80 Å². The van der Waals surface area contributed by atoms with Crippen LogP contribution in [0.2, 0.25) is 0 Å². The lowest BCUT2D eigenvalue weighted by molar-refractivity contribution is -0.0728. The molecule has 3 heterocycles. The third-order valence-corrected chi connectivity index (χ3v) is 6.47. The van der Waals surface area contributed by atoms with E-state index < -0.39 is 0 Å². The second-order valence-corrected chi connectivity index (χ2v) is 9.42. The summed E-state index contributed by atoms with van der Waals surface area (Å²) in [6, 6.07) is 6.16. The van der Waals surface area contributed by atoms with Crippen molar-refractivity contribution in [2.24, 2.45) is 5.92 Å². The van der Waals surface area contributed by atoms with Crippen LogP contribution in [0.3, 0.4) is 0 Å². The van der Waals surface area contributed by atoms with E-state index in [0.717, 1.165) is 56.8 Å². The zero-order valence-corrected chi connectivity index (χ0v) is 19.5. The molecular formula is C24H35N5O2. The van der Waals surface area contributed by atoms with Crippen molar-refractivity contribution in [3.63, 3.8) is 0 Å². The number of morpholine rings is 1. The smallest absolute Gasteiger partial charge is 0.276 e. The number of amides is 1. The van der Waals surface area contributed by atoms with Crippen molar-refractivity contribution in [3.05, 3.63) is 40.7 Å². The molecule has 2 unspecified atom stereocenters. The Morgan fingerprint density at radius 1 is 1.06 bits per heavy atom. The van der Waals surface area contributed by atoms with Gasteiger partial charge in [-0.1, -0.05) is 17.7 Å². The molecule has 168 valence electrons. The summed E-state index contributed by atoms with van der Waals surface area (Å²) in [5, 5.41) is 9.10. The normalized spacial score (nSPS) is 23.3. The van der Waals surface area contributed by atoms with Crippen LogP contribution in [0, 0.1) is 26.7 Å². The maximum absolute atomic E-state index is 13.2. The van der Waals surface area contributed by atoms with Crippen LogP contribution in [0.1, 0.15) is 54.0 Å². The molecule has 0 bridgehead atoms. The van der Waals surface area contributed by atoms with Crippen molar-refractivity contribution in [3.8, 4) is 5.69 Å². The molecule has 0 aliphatic carbocycles. The van der Waals surface area contributed by atoms with Crippen LogP contribution in [-0.4, -0.2) is 75.6 Å². The largest absolute Gasteiger partial charge is 0.373 e. The number of rotatable bonds is 4.